The number of benzene rings is 1. The van der Waals surface area contributed by atoms with Crippen LogP contribution in [0.1, 0.15) is 45.2 Å². The van der Waals surface area contributed by atoms with E-state index >= 15 is 0 Å². The normalized spacial score (nSPS) is 17.7. The predicted molar refractivity (Wildman–Crippen MR) is 99.6 cm³/mol. The molecule has 0 heterocycles. The smallest absolute Gasteiger partial charge is 0.420 e. The molecule has 1 unspecified atom stereocenters. The van der Waals surface area contributed by atoms with Crippen LogP contribution in [0.2, 0.25) is 5.82 Å². The first kappa shape index (κ1) is 22.1. The Morgan fingerprint density at radius 2 is 1.89 bits per heavy atom. The summed E-state index contributed by atoms with van der Waals surface area (Å²) in [5.41, 5.74) is -2.93. The van der Waals surface area contributed by atoms with Gasteiger partial charge in [-0.25, -0.2) is 0 Å². The van der Waals surface area contributed by atoms with E-state index in [-0.39, 0.29) is 22.9 Å². The van der Waals surface area contributed by atoms with Gasteiger partial charge in [0.1, 0.15) is 11.5 Å². The summed E-state index contributed by atoms with van der Waals surface area (Å²) in [6.45, 7) is 6.84. The molecule has 1 aromatic carbocycles. The zero-order valence-corrected chi connectivity index (χ0v) is 16.2. The molecule has 1 N–H and O–H groups in total. The van der Waals surface area contributed by atoms with Gasteiger partial charge < -0.3 is 14.5 Å². The Labute approximate surface area is 163 Å². The van der Waals surface area contributed by atoms with Crippen molar-refractivity contribution in [1.29, 1.82) is 5.26 Å². The maximum Gasteiger partial charge on any atom is 0.420 e. The lowest BCUT2D eigenvalue weighted by atomic mass is 9.74. The maximum absolute atomic E-state index is 13.2. The van der Waals surface area contributed by atoms with Crippen molar-refractivity contribution in [2.45, 2.75) is 57.3 Å². The van der Waals surface area contributed by atoms with E-state index in [1.165, 1.54) is 6.07 Å². The molecule has 0 aromatic heterocycles. The van der Waals surface area contributed by atoms with Gasteiger partial charge in [-0.2, -0.15) is 18.4 Å². The first-order valence-electron chi connectivity index (χ1n) is 8.74. The van der Waals surface area contributed by atoms with Gasteiger partial charge in [-0.05, 0) is 70.3 Å². The Bertz CT molecular complexity index is 817. The topological polar surface area (TPSA) is 62.5 Å². The minimum absolute atomic E-state index is 0.0888. The summed E-state index contributed by atoms with van der Waals surface area (Å²) >= 11 is 0. The van der Waals surface area contributed by atoms with E-state index in [1.807, 2.05) is 0 Å². The first-order chi connectivity index (χ1) is 12.8. The molecule has 0 spiro atoms. The SMILES string of the molecule is CC(C)(O)C(C)(C)O[B]C1C=CC(Oc2ccc(C#N)cc2C(F)(F)F)=CC1. The molecule has 8 heteroatoms. The van der Waals surface area contributed by atoms with Crippen LogP contribution < -0.4 is 4.74 Å². The maximum atomic E-state index is 13.2. The third-order valence-corrected chi connectivity index (χ3v) is 4.75. The number of alkyl halides is 3. The fourth-order valence-electron chi connectivity index (χ4n) is 2.23. The second kappa shape index (κ2) is 8.02. The highest BCUT2D eigenvalue weighted by atomic mass is 19.4. The Kier molecular flexibility index (Phi) is 6.32. The number of hydrogen-bond acceptors (Lipinski definition) is 4. The quantitative estimate of drug-likeness (QED) is 0.709. The van der Waals surface area contributed by atoms with Crippen molar-refractivity contribution in [2.24, 2.45) is 0 Å². The number of hydrogen-bond donors (Lipinski definition) is 1. The minimum Gasteiger partial charge on any atom is -0.457 e. The molecule has 0 saturated carbocycles. The van der Waals surface area contributed by atoms with Gasteiger partial charge in [-0.1, -0.05) is 6.08 Å². The Morgan fingerprint density at radius 1 is 1.21 bits per heavy atom. The van der Waals surface area contributed by atoms with E-state index in [0.29, 0.717) is 6.42 Å². The highest BCUT2D eigenvalue weighted by molar-refractivity contribution is 6.30. The Hall–Kier alpha value is -2.24. The monoisotopic (exact) mass is 392 g/mol. The van der Waals surface area contributed by atoms with Crippen molar-refractivity contribution in [2.75, 3.05) is 0 Å². The van der Waals surface area contributed by atoms with Crippen LogP contribution in [0.3, 0.4) is 0 Å². The van der Waals surface area contributed by atoms with E-state index in [9.17, 15) is 18.3 Å². The van der Waals surface area contributed by atoms with Crippen LogP contribution in [-0.2, 0) is 10.8 Å². The van der Waals surface area contributed by atoms with Gasteiger partial charge in [0.25, 0.3) is 0 Å². The van der Waals surface area contributed by atoms with E-state index in [0.717, 1.165) is 12.1 Å². The van der Waals surface area contributed by atoms with Gasteiger partial charge >= 0.3 is 13.7 Å². The molecular formula is C20H22BF3NO3. The van der Waals surface area contributed by atoms with Crippen LogP contribution >= 0.6 is 0 Å². The highest BCUT2D eigenvalue weighted by Crippen LogP contribution is 2.38. The van der Waals surface area contributed by atoms with Crippen LogP contribution in [0, 0.1) is 11.3 Å². The van der Waals surface area contributed by atoms with Gasteiger partial charge in [-0.15, -0.1) is 0 Å². The lowest BCUT2D eigenvalue weighted by molar-refractivity contribution is -0.138. The molecule has 1 radical (unpaired) electrons. The van der Waals surface area contributed by atoms with Gasteiger partial charge in [0, 0.05) is 0 Å². The van der Waals surface area contributed by atoms with Crippen molar-refractivity contribution in [3.8, 4) is 11.8 Å². The lowest BCUT2D eigenvalue weighted by Crippen LogP contribution is -2.48. The van der Waals surface area contributed by atoms with Crippen molar-refractivity contribution in [1.82, 2.24) is 0 Å². The zero-order chi connectivity index (χ0) is 21.2. The molecule has 1 atom stereocenters. The molecule has 0 aliphatic heterocycles. The fourth-order valence-corrected chi connectivity index (χ4v) is 2.23. The van der Waals surface area contributed by atoms with Crippen LogP contribution in [0.15, 0.2) is 42.2 Å². The Morgan fingerprint density at radius 3 is 2.39 bits per heavy atom. The van der Waals surface area contributed by atoms with Gasteiger partial charge in [0.2, 0.25) is 0 Å². The highest BCUT2D eigenvalue weighted by Gasteiger charge is 2.37. The van der Waals surface area contributed by atoms with Crippen LogP contribution in [0.5, 0.6) is 5.75 Å². The second-order valence-corrected chi connectivity index (χ2v) is 7.61. The number of allylic oxidation sites excluding steroid dienone is 3. The molecule has 0 fully saturated rings. The molecule has 1 aliphatic carbocycles. The van der Waals surface area contributed by atoms with Crippen molar-refractivity contribution in [3.05, 3.63) is 53.3 Å². The number of aliphatic hydroxyl groups is 1. The number of rotatable bonds is 6. The minimum atomic E-state index is -4.63. The number of halogens is 3. The largest absolute Gasteiger partial charge is 0.457 e. The van der Waals surface area contributed by atoms with E-state index in [2.05, 4.69) is 0 Å². The summed E-state index contributed by atoms with van der Waals surface area (Å²) in [6.07, 6.45) is 0.843. The second-order valence-electron chi connectivity index (χ2n) is 7.61. The van der Waals surface area contributed by atoms with Crippen molar-refractivity contribution < 1.29 is 27.7 Å². The number of nitrogens with zero attached hydrogens (tertiary/aromatic N) is 1. The molecule has 0 bridgehead atoms. The standard InChI is InChI=1S/C20H22BF3NO3/c1-18(2,26)19(3,4)28-21-14-6-8-15(9-7-14)27-17-10-5-13(12-25)11-16(17)20(22,23)24/h5-6,8-11,14,26H,7H2,1-4H3. The average Bonchev–Trinajstić information content (AvgIpc) is 2.59. The van der Waals surface area contributed by atoms with Crippen molar-refractivity contribution in [3.63, 3.8) is 0 Å². The molecule has 0 amide bonds. The summed E-state index contributed by atoms with van der Waals surface area (Å²) in [5.74, 6) is -0.178. The summed E-state index contributed by atoms with van der Waals surface area (Å²) in [4.78, 5) is 0. The summed E-state index contributed by atoms with van der Waals surface area (Å²) in [6, 6.07) is 4.88. The molecule has 1 aliphatic rings. The van der Waals surface area contributed by atoms with E-state index in [4.69, 9.17) is 14.7 Å². The first-order valence-corrected chi connectivity index (χ1v) is 8.74. The van der Waals surface area contributed by atoms with Crippen LogP contribution in [-0.4, -0.2) is 23.8 Å². The summed E-state index contributed by atoms with van der Waals surface area (Å²) < 4.78 is 50.8. The van der Waals surface area contributed by atoms with Gasteiger partial charge in [0.15, 0.2) is 0 Å². The van der Waals surface area contributed by atoms with Gasteiger partial charge in [0.05, 0.1) is 28.4 Å². The number of nitriles is 1. The molecule has 2 rings (SSSR count). The summed E-state index contributed by atoms with van der Waals surface area (Å²) in [7, 11) is 1.60. The lowest BCUT2D eigenvalue weighted by Gasteiger charge is -2.38. The molecule has 1 aromatic rings. The van der Waals surface area contributed by atoms with E-state index in [1.54, 1.807) is 59.5 Å². The fraction of sp³-hybridized carbons (Fsp3) is 0.450. The summed E-state index contributed by atoms with van der Waals surface area (Å²) in [5, 5.41) is 18.9. The molecule has 4 nitrogen and oxygen atoms in total. The van der Waals surface area contributed by atoms with E-state index < -0.39 is 22.9 Å². The van der Waals surface area contributed by atoms with Crippen LogP contribution in [0.25, 0.3) is 0 Å². The molecule has 149 valence electrons. The molecular weight excluding hydrogens is 370 g/mol. The predicted octanol–water partition coefficient (Wildman–Crippen LogP) is 4.77. The van der Waals surface area contributed by atoms with Gasteiger partial charge in [-0.3, -0.25) is 0 Å². The number of ether oxygens (including phenoxy) is 1. The Balaban J connectivity index is 2.04. The van der Waals surface area contributed by atoms with Crippen molar-refractivity contribution >= 4 is 7.48 Å². The third-order valence-electron chi connectivity index (χ3n) is 4.75. The molecule has 0 saturated heterocycles. The van der Waals surface area contributed by atoms with Crippen LogP contribution in [0.4, 0.5) is 13.2 Å². The zero-order valence-electron chi connectivity index (χ0n) is 16.2. The average molecular weight is 392 g/mol. The third kappa shape index (κ3) is 5.40. The molecule has 28 heavy (non-hydrogen) atoms.